The van der Waals surface area contributed by atoms with Crippen LogP contribution in [0.25, 0.3) is 11.8 Å². The number of carbonyl (C=O) groups is 1. The van der Waals surface area contributed by atoms with Crippen molar-refractivity contribution in [3.63, 3.8) is 0 Å². The second kappa shape index (κ2) is 12.5. The number of ether oxygens (including phenoxy) is 3. The van der Waals surface area contributed by atoms with E-state index in [0.29, 0.717) is 27.4 Å². The lowest BCUT2D eigenvalue weighted by Gasteiger charge is -2.31. The Morgan fingerprint density at radius 1 is 0.957 bits per heavy atom. The van der Waals surface area contributed by atoms with Crippen molar-refractivity contribution in [1.29, 1.82) is 0 Å². The van der Waals surface area contributed by atoms with Crippen molar-refractivity contribution in [2.45, 2.75) is 25.5 Å². The normalized spacial score (nSPS) is 15.3. The van der Waals surface area contributed by atoms with E-state index in [4.69, 9.17) is 24.3 Å². The molecule has 5 aromatic rings. The molecule has 0 bridgehead atoms. The van der Waals surface area contributed by atoms with Crippen molar-refractivity contribution in [3.05, 3.63) is 150 Å². The van der Waals surface area contributed by atoms with Crippen molar-refractivity contribution in [3.8, 4) is 17.2 Å². The lowest BCUT2D eigenvalue weighted by molar-refractivity contribution is -0.139. The number of hydrogen-bond acceptors (Lipinski definition) is 7. The summed E-state index contributed by atoms with van der Waals surface area (Å²) in [5, 5.41) is 8.99. The number of carboxylic acids is 1. The largest absolute Gasteiger partial charge is 0.496 e. The van der Waals surface area contributed by atoms with Crippen LogP contribution in [0.1, 0.15) is 40.3 Å². The third-order valence-corrected chi connectivity index (χ3v) is 9.12. The van der Waals surface area contributed by atoms with Crippen LogP contribution in [0.2, 0.25) is 0 Å². The Balaban J connectivity index is 1.32. The number of fused-ring (bicyclic) bond motifs is 3. The summed E-state index contributed by atoms with van der Waals surface area (Å²) in [6.45, 7) is 0.0430. The summed E-state index contributed by atoms with van der Waals surface area (Å²) in [5.74, 6) is 0.865. The molecule has 1 aliphatic carbocycles. The Hall–Kier alpha value is -5.41. The summed E-state index contributed by atoms with van der Waals surface area (Å²) in [6, 6.07) is 30.7. The Bertz CT molecular complexity index is 2170. The van der Waals surface area contributed by atoms with Crippen LogP contribution in [-0.2, 0) is 17.8 Å². The Morgan fingerprint density at radius 3 is 2.59 bits per heavy atom. The summed E-state index contributed by atoms with van der Waals surface area (Å²) in [7, 11) is 1.64. The molecule has 230 valence electrons. The molecule has 2 aliphatic rings. The molecule has 4 aromatic carbocycles. The van der Waals surface area contributed by atoms with Crippen molar-refractivity contribution < 1.29 is 24.1 Å². The molecule has 1 aliphatic heterocycles. The topological polar surface area (TPSA) is 99.4 Å². The Morgan fingerprint density at radius 2 is 1.76 bits per heavy atom. The lowest BCUT2D eigenvalue weighted by Crippen LogP contribution is -2.39. The number of allylic oxidation sites excluding steroid dienone is 1. The number of nitrogens with zero attached hydrogens (tertiary/aromatic N) is 2. The molecule has 7 rings (SSSR count). The van der Waals surface area contributed by atoms with Gasteiger partial charge in [0.1, 0.15) is 23.9 Å². The molecule has 0 saturated heterocycles. The van der Waals surface area contributed by atoms with Gasteiger partial charge in [-0.2, -0.15) is 0 Å². The maximum absolute atomic E-state index is 14.1. The van der Waals surface area contributed by atoms with E-state index in [2.05, 4.69) is 12.1 Å². The van der Waals surface area contributed by atoms with E-state index in [-0.39, 0.29) is 5.56 Å². The number of aromatic nitrogens is 1. The number of hydrogen-bond donors (Lipinski definition) is 1. The minimum atomic E-state index is -1.06. The molecule has 1 aromatic heterocycles. The standard InChI is InChI=1S/C37H30N2O6S/c1-43-31-13-6-5-12-29(31)35-30-16-14-25-20-27(44-21-23-8-3-2-4-9-23)15-17-28(25)34(30)38-37-39(35)36(42)32(46-37)19-24-10-7-11-26(18-24)45-22-33(40)41/h2-13,15,17-20,35H,14,16,21-22H2,1H3,(H,40,41)/b32-19-. The van der Waals surface area contributed by atoms with Crippen LogP contribution in [0.3, 0.4) is 0 Å². The molecule has 8 nitrogen and oxygen atoms in total. The molecule has 0 saturated carbocycles. The molecule has 1 atom stereocenters. The van der Waals surface area contributed by atoms with Crippen molar-refractivity contribution in [2.75, 3.05) is 13.7 Å². The third kappa shape index (κ3) is 5.73. The number of aryl methyl sites for hydroxylation is 1. The highest BCUT2D eigenvalue weighted by molar-refractivity contribution is 7.07. The predicted molar refractivity (Wildman–Crippen MR) is 176 cm³/mol. The third-order valence-electron chi connectivity index (χ3n) is 8.13. The highest BCUT2D eigenvalue weighted by Crippen LogP contribution is 2.44. The fraction of sp³-hybridized carbons (Fsp3) is 0.162. The molecule has 1 unspecified atom stereocenters. The molecule has 9 heteroatoms. The fourth-order valence-corrected chi connectivity index (χ4v) is 7.05. The van der Waals surface area contributed by atoms with Gasteiger partial charge in [0.15, 0.2) is 11.4 Å². The highest BCUT2D eigenvalue weighted by Gasteiger charge is 2.34. The molecule has 0 amide bonds. The van der Waals surface area contributed by atoms with E-state index in [1.54, 1.807) is 36.0 Å². The van der Waals surface area contributed by atoms with E-state index in [0.717, 1.165) is 57.7 Å². The van der Waals surface area contributed by atoms with Crippen LogP contribution in [0.15, 0.2) is 112 Å². The smallest absolute Gasteiger partial charge is 0.341 e. The Kier molecular flexibility index (Phi) is 7.98. The van der Waals surface area contributed by atoms with Gasteiger partial charge in [-0.1, -0.05) is 72.0 Å². The number of para-hydroxylation sites is 1. The van der Waals surface area contributed by atoms with E-state index < -0.39 is 18.6 Å². The lowest BCUT2D eigenvalue weighted by atomic mass is 9.83. The summed E-state index contributed by atoms with van der Waals surface area (Å²) in [6.07, 6.45) is 3.30. The van der Waals surface area contributed by atoms with Crippen molar-refractivity contribution >= 4 is 29.1 Å². The average molecular weight is 631 g/mol. The number of rotatable bonds is 9. The van der Waals surface area contributed by atoms with Crippen molar-refractivity contribution in [1.82, 2.24) is 4.57 Å². The molecule has 0 spiro atoms. The van der Waals surface area contributed by atoms with Crippen LogP contribution < -0.4 is 29.1 Å². The van der Waals surface area contributed by atoms with Gasteiger partial charge in [-0.05, 0) is 77.6 Å². The average Bonchev–Trinajstić information content (AvgIpc) is 3.39. The molecule has 0 radical (unpaired) electrons. The first-order valence-electron chi connectivity index (χ1n) is 14.9. The van der Waals surface area contributed by atoms with E-state index in [9.17, 15) is 9.59 Å². The zero-order valence-electron chi connectivity index (χ0n) is 25.0. The van der Waals surface area contributed by atoms with E-state index in [1.807, 2.05) is 66.7 Å². The van der Waals surface area contributed by atoms with Gasteiger partial charge >= 0.3 is 5.97 Å². The number of carboxylic acid groups (broad SMARTS) is 1. The molecular weight excluding hydrogens is 600 g/mol. The van der Waals surface area contributed by atoms with Gasteiger partial charge < -0.3 is 19.3 Å². The maximum Gasteiger partial charge on any atom is 0.341 e. The number of methoxy groups -OCH3 is 1. The Labute approximate surface area is 268 Å². The maximum atomic E-state index is 14.1. The first kappa shape index (κ1) is 29.3. The molecule has 46 heavy (non-hydrogen) atoms. The van der Waals surface area contributed by atoms with E-state index >= 15 is 0 Å². The quantitative estimate of drug-likeness (QED) is 0.235. The summed E-state index contributed by atoms with van der Waals surface area (Å²) in [5.41, 5.74) is 6.71. The van der Waals surface area contributed by atoms with Gasteiger partial charge in [-0.15, -0.1) is 0 Å². The highest BCUT2D eigenvalue weighted by atomic mass is 32.1. The fourth-order valence-electron chi connectivity index (χ4n) is 6.05. The van der Waals surface area contributed by atoms with Crippen LogP contribution in [0, 0.1) is 0 Å². The first-order chi connectivity index (χ1) is 22.5. The monoisotopic (exact) mass is 630 g/mol. The van der Waals surface area contributed by atoms with Crippen LogP contribution >= 0.6 is 11.3 Å². The number of benzene rings is 4. The van der Waals surface area contributed by atoms with Crippen molar-refractivity contribution in [2.24, 2.45) is 4.99 Å². The van der Waals surface area contributed by atoms with Gasteiger partial charge in [0.05, 0.1) is 23.4 Å². The summed E-state index contributed by atoms with van der Waals surface area (Å²) >= 11 is 1.33. The number of thiazole rings is 1. The van der Waals surface area contributed by atoms with Crippen LogP contribution in [0.5, 0.6) is 17.2 Å². The molecular formula is C37H30N2O6S. The molecule has 1 N–H and O–H groups in total. The predicted octanol–water partition coefficient (Wildman–Crippen LogP) is 5.37. The first-order valence-corrected chi connectivity index (χ1v) is 15.7. The summed E-state index contributed by atoms with van der Waals surface area (Å²) < 4.78 is 19.6. The minimum absolute atomic E-state index is 0.154. The van der Waals surface area contributed by atoms with E-state index in [1.165, 1.54) is 11.3 Å². The molecule has 0 fully saturated rings. The SMILES string of the molecule is COc1ccccc1C1C2=C(N=c3s/c(=C\c4cccc(OCC(=O)O)c4)c(=O)n31)c1ccc(OCc3ccccc3)cc1CC2. The van der Waals surface area contributed by atoms with Crippen LogP contribution in [0.4, 0.5) is 0 Å². The molecule has 2 heterocycles. The van der Waals surface area contributed by atoms with Crippen LogP contribution in [-0.4, -0.2) is 29.4 Å². The van der Waals surface area contributed by atoms with Gasteiger partial charge in [-0.25, -0.2) is 9.79 Å². The summed E-state index contributed by atoms with van der Waals surface area (Å²) in [4.78, 5) is 30.8. The second-order valence-corrected chi connectivity index (χ2v) is 12.1. The second-order valence-electron chi connectivity index (χ2n) is 11.0. The minimum Gasteiger partial charge on any atom is -0.496 e. The van der Waals surface area contributed by atoms with Gasteiger partial charge in [-0.3, -0.25) is 9.36 Å². The number of aliphatic carboxylic acids is 1. The zero-order valence-corrected chi connectivity index (χ0v) is 25.8. The van der Waals surface area contributed by atoms with Gasteiger partial charge in [0.2, 0.25) is 0 Å². The van der Waals surface area contributed by atoms with Gasteiger partial charge in [0.25, 0.3) is 5.56 Å². The van der Waals surface area contributed by atoms with Gasteiger partial charge in [0, 0.05) is 11.1 Å². The zero-order chi connectivity index (χ0) is 31.6.